The number of hydrogen-bond acceptors (Lipinski definition) is 3. The molecule has 0 radical (unpaired) electrons. The Bertz CT molecular complexity index is 551. The van der Waals surface area contributed by atoms with Crippen LogP contribution in [0, 0.1) is 23.7 Å². The van der Waals surface area contributed by atoms with E-state index in [0.717, 1.165) is 62.7 Å². The molecule has 2 saturated carbocycles. The molecule has 0 unspecified atom stereocenters. The Hall–Kier alpha value is -1.59. The molecule has 172 valence electrons. The van der Waals surface area contributed by atoms with Crippen molar-refractivity contribution in [2.24, 2.45) is 23.7 Å². The van der Waals surface area contributed by atoms with E-state index in [1.54, 1.807) is 0 Å². The Morgan fingerprint density at radius 3 is 2.17 bits per heavy atom. The lowest BCUT2D eigenvalue weighted by Crippen LogP contribution is -2.38. The summed E-state index contributed by atoms with van der Waals surface area (Å²) in [6.45, 7) is 2.89. The third-order valence-electron chi connectivity index (χ3n) is 7.21. The number of aliphatic carboxylic acids is 1. The van der Waals surface area contributed by atoms with E-state index >= 15 is 0 Å². The first kappa shape index (κ1) is 24.7. The molecule has 0 spiro atoms. The molecule has 0 aliphatic heterocycles. The minimum absolute atomic E-state index is 0.0323. The Morgan fingerprint density at radius 1 is 0.800 bits per heavy atom. The van der Waals surface area contributed by atoms with Crippen LogP contribution in [0.15, 0.2) is 0 Å². The van der Waals surface area contributed by atoms with E-state index in [-0.39, 0.29) is 24.8 Å². The summed E-state index contributed by atoms with van der Waals surface area (Å²) in [7, 11) is 0. The number of unbranched alkanes of at least 4 members (excludes halogenated alkanes) is 5. The van der Waals surface area contributed by atoms with Crippen LogP contribution in [0.5, 0.6) is 0 Å². The molecule has 0 aromatic rings. The molecule has 6 nitrogen and oxygen atoms in total. The Labute approximate surface area is 181 Å². The molecule has 0 heterocycles. The highest BCUT2D eigenvalue weighted by Crippen LogP contribution is 2.55. The molecule has 0 aromatic carbocycles. The predicted octanol–water partition coefficient (Wildman–Crippen LogP) is 4.28. The predicted molar refractivity (Wildman–Crippen MR) is 118 cm³/mol. The highest BCUT2D eigenvalue weighted by atomic mass is 16.4. The summed E-state index contributed by atoms with van der Waals surface area (Å²) in [4.78, 5) is 34.4. The smallest absolute Gasteiger partial charge is 0.303 e. The van der Waals surface area contributed by atoms with E-state index in [0.29, 0.717) is 18.9 Å². The van der Waals surface area contributed by atoms with Gasteiger partial charge in [0, 0.05) is 19.4 Å². The SMILES string of the molecule is CCCCCC(=O)NCC(=O)NCC[C@@H]1[C@@H]2CC[C@@H](C2)[C@@H]1CCCCCCC(=O)O. The number of fused-ring (bicyclic) bond motifs is 2. The van der Waals surface area contributed by atoms with Gasteiger partial charge in [-0.1, -0.05) is 39.0 Å². The normalized spacial score (nSPS) is 24.7. The fourth-order valence-electron chi connectivity index (χ4n) is 5.68. The molecule has 2 fully saturated rings. The van der Waals surface area contributed by atoms with Gasteiger partial charge in [-0.05, 0) is 68.6 Å². The summed E-state index contributed by atoms with van der Waals surface area (Å²) in [6.07, 6.45) is 14.3. The van der Waals surface area contributed by atoms with Gasteiger partial charge in [0.15, 0.2) is 0 Å². The number of amides is 2. The van der Waals surface area contributed by atoms with Crippen molar-refractivity contribution in [2.45, 2.75) is 96.8 Å². The van der Waals surface area contributed by atoms with Gasteiger partial charge < -0.3 is 15.7 Å². The Morgan fingerprint density at radius 2 is 1.47 bits per heavy atom. The largest absolute Gasteiger partial charge is 0.481 e. The first-order valence-corrected chi connectivity index (χ1v) is 12.3. The summed E-state index contributed by atoms with van der Waals surface area (Å²) in [5.41, 5.74) is 0. The minimum Gasteiger partial charge on any atom is -0.481 e. The lowest BCUT2D eigenvalue weighted by atomic mass is 9.75. The van der Waals surface area contributed by atoms with E-state index < -0.39 is 5.97 Å². The molecule has 2 rings (SSSR count). The number of carbonyl (C=O) groups excluding carboxylic acids is 2. The average molecular weight is 423 g/mol. The lowest BCUT2D eigenvalue weighted by molar-refractivity contribution is -0.137. The summed E-state index contributed by atoms with van der Waals surface area (Å²) >= 11 is 0. The minimum atomic E-state index is -0.693. The molecular weight excluding hydrogens is 380 g/mol. The fraction of sp³-hybridized carbons (Fsp3) is 0.875. The second-order valence-corrected chi connectivity index (χ2v) is 9.38. The first-order chi connectivity index (χ1) is 14.5. The van der Waals surface area contributed by atoms with Crippen molar-refractivity contribution in [2.75, 3.05) is 13.1 Å². The zero-order valence-corrected chi connectivity index (χ0v) is 18.8. The highest BCUT2D eigenvalue weighted by molar-refractivity contribution is 5.84. The van der Waals surface area contributed by atoms with Gasteiger partial charge >= 0.3 is 5.97 Å². The molecule has 2 aliphatic rings. The van der Waals surface area contributed by atoms with Crippen molar-refractivity contribution in [1.29, 1.82) is 0 Å². The van der Waals surface area contributed by atoms with Crippen LogP contribution in [-0.2, 0) is 14.4 Å². The van der Waals surface area contributed by atoms with Crippen molar-refractivity contribution in [1.82, 2.24) is 10.6 Å². The molecule has 30 heavy (non-hydrogen) atoms. The monoisotopic (exact) mass is 422 g/mol. The first-order valence-electron chi connectivity index (χ1n) is 12.3. The molecule has 2 bridgehead atoms. The van der Waals surface area contributed by atoms with Gasteiger partial charge in [0.1, 0.15) is 0 Å². The number of carbonyl (C=O) groups is 3. The number of nitrogens with one attached hydrogen (secondary N) is 2. The van der Waals surface area contributed by atoms with Crippen LogP contribution in [0.2, 0.25) is 0 Å². The maximum atomic E-state index is 12.0. The van der Waals surface area contributed by atoms with Crippen LogP contribution in [0.4, 0.5) is 0 Å². The second-order valence-electron chi connectivity index (χ2n) is 9.38. The molecule has 3 N–H and O–H groups in total. The van der Waals surface area contributed by atoms with Crippen molar-refractivity contribution >= 4 is 17.8 Å². The molecule has 0 saturated heterocycles. The number of rotatable bonds is 16. The molecule has 0 aromatic heterocycles. The van der Waals surface area contributed by atoms with E-state index in [1.807, 2.05) is 0 Å². The molecule has 4 atom stereocenters. The molecule has 2 amide bonds. The lowest BCUT2D eigenvalue weighted by Gasteiger charge is -2.31. The summed E-state index contributed by atoms with van der Waals surface area (Å²) in [6, 6.07) is 0. The quantitative estimate of drug-likeness (QED) is 0.324. The molecule has 6 heteroatoms. The average Bonchev–Trinajstić information content (AvgIpc) is 3.31. The standard InChI is InChI=1S/C24H42N2O4/c1-2-3-6-10-22(27)26-17-23(28)25-15-14-21-19-13-12-18(16-19)20(21)9-7-4-5-8-11-24(29)30/h18-21H,2-17H2,1H3,(H,25,28)(H,26,27)(H,29,30)/t18-,19+,20-,21+/m0/s1. The van der Waals surface area contributed by atoms with Crippen LogP contribution < -0.4 is 10.6 Å². The maximum absolute atomic E-state index is 12.0. The third-order valence-corrected chi connectivity index (χ3v) is 7.21. The van der Waals surface area contributed by atoms with Gasteiger partial charge in [-0.3, -0.25) is 14.4 Å². The van der Waals surface area contributed by atoms with Crippen LogP contribution in [0.25, 0.3) is 0 Å². The second kappa shape index (κ2) is 13.7. The maximum Gasteiger partial charge on any atom is 0.303 e. The van der Waals surface area contributed by atoms with E-state index in [4.69, 9.17) is 5.11 Å². The van der Waals surface area contributed by atoms with Crippen LogP contribution in [0.3, 0.4) is 0 Å². The van der Waals surface area contributed by atoms with E-state index in [2.05, 4.69) is 17.6 Å². The van der Waals surface area contributed by atoms with Gasteiger partial charge in [0.25, 0.3) is 0 Å². The van der Waals surface area contributed by atoms with E-state index in [1.165, 1.54) is 32.1 Å². The van der Waals surface area contributed by atoms with Gasteiger partial charge in [-0.15, -0.1) is 0 Å². The van der Waals surface area contributed by atoms with Gasteiger partial charge in [-0.25, -0.2) is 0 Å². The molecular formula is C24H42N2O4. The van der Waals surface area contributed by atoms with Crippen LogP contribution >= 0.6 is 0 Å². The van der Waals surface area contributed by atoms with Gasteiger partial charge in [0.2, 0.25) is 11.8 Å². The van der Waals surface area contributed by atoms with Gasteiger partial charge in [-0.2, -0.15) is 0 Å². The fourth-order valence-corrected chi connectivity index (χ4v) is 5.68. The van der Waals surface area contributed by atoms with Crippen molar-refractivity contribution in [3.05, 3.63) is 0 Å². The van der Waals surface area contributed by atoms with Gasteiger partial charge in [0.05, 0.1) is 6.54 Å². The highest BCUT2D eigenvalue weighted by Gasteiger charge is 2.46. The zero-order chi connectivity index (χ0) is 21.8. The summed E-state index contributed by atoms with van der Waals surface area (Å²) < 4.78 is 0. The Balaban J connectivity index is 1.60. The topological polar surface area (TPSA) is 95.5 Å². The molecule has 2 aliphatic carbocycles. The number of carboxylic acids is 1. The summed E-state index contributed by atoms with van der Waals surface area (Å²) in [5.74, 6) is 2.36. The van der Waals surface area contributed by atoms with Crippen molar-refractivity contribution in [3.8, 4) is 0 Å². The van der Waals surface area contributed by atoms with Crippen molar-refractivity contribution < 1.29 is 19.5 Å². The number of carboxylic acid groups (broad SMARTS) is 1. The zero-order valence-electron chi connectivity index (χ0n) is 18.8. The third kappa shape index (κ3) is 8.65. The van der Waals surface area contributed by atoms with E-state index in [9.17, 15) is 14.4 Å². The van der Waals surface area contributed by atoms with Crippen molar-refractivity contribution in [3.63, 3.8) is 0 Å². The number of hydrogen-bond donors (Lipinski definition) is 3. The van der Waals surface area contributed by atoms with Crippen LogP contribution in [0.1, 0.15) is 96.8 Å². The Kier molecular flexibility index (Phi) is 11.2. The van der Waals surface area contributed by atoms with Crippen LogP contribution in [-0.4, -0.2) is 36.0 Å². The summed E-state index contributed by atoms with van der Waals surface area (Å²) in [5, 5.41) is 14.4.